The molecular weight excluding hydrogens is 266 g/mol. The fourth-order valence-electron chi connectivity index (χ4n) is 3.18. The van der Waals surface area contributed by atoms with Crippen LogP contribution in [0.1, 0.15) is 18.4 Å². The van der Waals surface area contributed by atoms with Gasteiger partial charge in [0.1, 0.15) is 5.76 Å². The molecule has 0 bridgehead atoms. The van der Waals surface area contributed by atoms with E-state index >= 15 is 0 Å². The molecule has 1 aromatic rings. The SMILES string of the molecule is O=C1N2CCC[C@H]2CO[C@]12C=C/C(=C\c1ccccc1)O2. The summed E-state index contributed by atoms with van der Waals surface area (Å²) in [5.74, 6) is -0.641. The molecule has 0 saturated carbocycles. The van der Waals surface area contributed by atoms with Gasteiger partial charge in [0.25, 0.3) is 5.91 Å². The summed E-state index contributed by atoms with van der Waals surface area (Å²) in [6.07, 6.45) is 7.54. The molecular formula is C17H17NO3. The summed E-state index contributed by atoms with van der Waals surface area (Å²) in [7, 11) is 0. The van der Waals surface area contributed by atoms with E-state index in [1.165, 1.54) is 0 Å². The first-order chi connectivity index (χ1) is 10.3. The number of rotatable bonds is 1. The highest BCUT2D eigenvalue weighted by molar-refractivity contribution is 5.88. The highest BCUT2D eigenvalue weighted by atomic mass is 16.7. The first-order valence-electron chi connectivity index (χ1n) is 7.37. The molecule has 0 radical (unpaired) electrons. The van der Waals surface area contributed by atoms with Crippen LogP contribution in [-0.4, -0.2) is 35.8 Å². The molecule has 2 fully saturated rings. The van der Waals surface area contributed by atoms with Gasteiger partial charge in [0.05, 0.1) is 12.6 Å². The zero-order valence-electron chi connectivity index (χ0n) is 11.7. The number of morpholine rings is 1. The maximum absolute atomic E-state index is 12.6. The lowest BCUT2D eigenvalue weighted by Gasteiger charge is -2.39. The zero-order chi connectivity index (χ0) is 14.3. The summed E-state index contributed by atoms with van der Waals surface area (Å²) < 4.78 is 11.6. The molecule has 0 aromatic heterocycles. The van der Waals surface area contributed by atoms with Crippen molar-refractivity contribution in [1.29, 1.82) is 0 Å². The van der Waals surface area contributed by atoms with Crippen LogP contribution in [0.25, 0.3) is 6.08 Å². The van der Waals surface area contributed by atoms with Crippen molar-refractivity contribution in [2.75, 3.05) is 13.2 Å². The van der Waals surface area contributed by atoms with Gasteiger partial charge >= 0.3 is 5.79 Å². The Morgan fingerprint density at radius 1 is 1.29 bits per heavy atom. The minimum atomic E-state index is -1.23. The van der Waals surface area contributed by atoms with E-state index in [-0.39, 0.29) is 11.9 Å². The lowest BCUT2D eigenvalue weighted by molar-refractivity contribution is -0.219. The van der Waals surface area contributed by atoms with Gasteiger partial charge in [-0.1, -0.05) is 30.3 Å². The standard InChI is InChI=1S/C17H17NO3/c19-16-17(20-12-14-7-4-10-18(14)16)9-8-15(21-17)11-13-5-2-1-3-6-13/h1-3,5-6,8-9,11,14H,4,7,10,12H2/b15-11+/t14-,17-/m0/s1. The Bertz CT molecular complexity index is 622. The van der Waals surface area contributed by atoms with E-state index in [9.17, 15) is 4.79 Å². The molecule has 2 atom stereocenters. The lowest BCUT2D eigenvalue weighted by atomic mass is 10.1. The number of carbonyl (C=O) groups excluding carboxylic acids is 1. The predicted octanol–water partition coefficient (Wildman–Crippen LogP) is 2.33. The van der Waals surface area contributed by atoms with Gasteiger partial charge in [-0.3, -0.25) is 4.79 Å². The summed E-state index contributed by atoms with van der Waals surface area (Å²) in [5, 5.41) is 0. The van der Waals surface area contributed by atoms with Crippen LogP contribution >= 0.6 is 0 Å². The second-order valence-electron chi connectivity index (χ2n) is 5.67. The third-order valence-corrected chi connectivity index (χ3v) is 4.27. The number of allylic oxidation sites excluding steroid dienone is 1. The second kappa shape index (κ2) is 4.74. The molecule has 3 heterocycles. The average Bonchev–Trinajstić information content (AvgIpc) is 3.13. The molecule has 1 aromatic carbocycles. The number of ether oxygens (including phenoxy) is 2. The molecule has 1 amide bonds. The predicted molar refractivity (Wildman–Crippen MR) is 78.1 cm³/mol. The van der Waals surface area contributed by atoms with Crippen LogP contribution in [0.3, 0.4) is 0 Å². The van der Waals surface area contributed by atoms with E-state index in [0.717, 1.165) is 24.9 Å². The Morgan fingerprint density at radius 3 is 3.00 bits per heavy atom. The number of carbonyl (C=O) groups is 1. The van der Waals surface area contributed by atoms with Crippen LogP contribution in [0, 0.1) is 0 Å². The smallest absolute Gasteiger partial charge is 0.311 e. The Labute approximate surface area is 123 Å². The van der Waals surface area contributed by atoms with Crippen molar-refractivity contribution in [3.05, 3.63) is 53.8 Å². The van der Waals surface area contributed by atoms with Crippen LogP contribution in [0.15, 0.2) is 48.2 Å². The van der Waals surface area contributed by atoms with Gasteiger partial charge in [0.15, 0.2) is 0 Å². The Kier molecular flexibility index (Phi) is 2.86. The summed E-state index contributed by atoms with van der Waals surface area (Å²) >= 11 is 0. The minimum Gasteiger partial charge on any atom is -0.450 e. The number of fused-ring (bicyclic) bond motifs is 1. The van der Waals surface area contributed by atoms with Gasteiger partial charge in [-0.25, -0.2) is 0 Å². The Hall–Kier alpha value is -2.07. The Morgan fingerprint density at radius 2 is 2.14 bits per heavy atom. The van der Waals surface area contributed by atoms with E-state index in [0.29, 0.717) is 12.4 Å². The molecule has 4 rings (SSSR count). The zero-order valence-corrected chi connectivity index (χ0v) is 11.7. The van der Waals surface area contributed by atoms with Crippen molar-refractivity contribution < 1.29 is 14.3 Å². The van der Waals surface area contributed by atoms with Gasteiger partial charge in [0.2, 0.25) is 0 Å². The summed E-state index contributed by atoms with van der Waals surface area (Å²) in [6.45, 7) is 1.36. The minimum absolute atomic E-state index is 0.0658. The fourth-order valence-corrected chi connectivity index (χ4v) is 3.18. The van der Waals surface area contributed by atoms with Gasteiger partial charge in [-0.05, 0) is 30.6 Å². The highest BCUT2D eigenvalue weighted by Crippen LogP contribution is 2.36. The van der Waals surface area contributed by atoms with Crippen molar-refractivity contribution in [3.63, 3.8) is 0 Å². The molecule has 1 spiro atoms. The summed E-state index contributed by atoms with van der Waals surface area (Å²) in [5.41, 5.74) is 1.04. The van der Waals surface area contributed by atoms with E-state index in [1.807, 2.05) is 47.4 Å². The van der Waals surface area contributed by atoms with Gasteiger partial charge < -0.3 is 14.4 Å². The summed E-state index contributed by atoms with van der Waals surface area (Å²) in [6, 6.07) is 10.1. The normalized spacial score (nSPS) is 32.8. The van der Waals surface area contributed by atoms with Crippen molar-refractivity contribution in [2.45, 2.75) is 24.7 Å². The van der Waals surface area contributed by atoms with Crippen LogP contribution < -0.4 is 0 Å². The van der Waals surface area contributed by atoms with Gasteiger partial charge in [-0.2, -0.15) is 0 Å². The topological polar surface area (TPSA) is 38.8 Å². The molecule has 0 unspecified atom stereocenters. The molecule has 4 heteroatoms. The quantitative estimate of drug-likeness (QED) is 0.794. The first kappa shape index (κ1) is 12.7. The van der Waals surface area contributed by atoms with E-state index < -0.39 is 5.79 Å². The van der Waals surface area contributed by atoms with E-state index in [2.05, 4.69) is 0 Å². The van der Waals surface area contributed by atoms with Gasteiger partial charge in [0, 0.05) is 12.6 Å². The molecule has 108 valence electrons. The number of amides is 1. The van der Waals surface area contributed by atoms with Crippen molar-refractivity contribution in [3.8, 4) is 0 Å². The molecule has 4 nitrogen and oxygen atoms in total. The first-order valence-corrected chi connectivity index (χ1v) is 7.37. The monoisotopic (exact) mass is 283 g/mol. The fraction of sp³-hybridized carbons (Fsp3) is 0.353. The van der Waals surface area contributed by atoms with Crippen LogP contribution in [0.5, 0.6) is 0 Å². The number of nitrogens with zero attached hydrogens (tertiary/aromatic N) is 1. The van der Waals surface area contributed by atoms with Gasteiger partial charge in [-0.15, -0.1) is 0 Å². The molecule has 21 heavy (non-hydrogen) atoms. The molecule has 0 aliphatic carbocycles. The molecule has 2 saturated heterocycles. The van der Waals surface area contributed by atoms with Crippen LogP contribution in [-0.2, 0) is 14.3 Å². The van der Waals surface area contributed by atoms with Crippen LogP contribution in [0.4, 0.5) is 0 Å². The maximum atomic E-state index is 12.6. The van der Waals surface area contributed by atoms with E-state index in [1.54, 1.807) is 6.08 Å². The molecule has 3 aliphatic heterocycles. The lowest BCUT2D eigenvalue weighted by Crippen LogP contribution is -2.58. The number of benzene rings is 1. The highest BCUT2D eigenvalue weighted by Gasteiger charge is 2.52. The van der Waals surface area contributed by atoms with Crippen LogP contribution in [0.2, 0.25) is 0 Å². The third-order valence-electron chi connectivity index (χ3n) is 4.27. The maximum Gasteiger partial charge on any atom is 0.311 e. The van der Waals surface area contributed by atoms with Crippen molar-refractivity contribution in [1.82, 2.24) is 4.90 Å². The number of hydrogen-bond acceptors (Lipinski definition) is 3. The molecule has 3 aliphatic rings. The average molecular weight is 283 g/mol. The Balaban J connectivity index is 1.57. The second-order valence-corrected chi connectivity index (χ2v) is 5.67. The van der Waals surface area contributed by atoms with Crippen molar-refractivity contribution in [2.24, 2.45) is 0 Å². The third kappa shape index (κ3) is 2.07. The van der Waals surface area contributed by atoms with Crippen molar-refractivity contribution >= 4 is 12.0 Å². The summed E-state index contributed by atoms with van der Waals surface area (Å²) in [4.78, 5) is 14.5. The number of hydrogen-bond donors (Lipinski definition) is 0. The molecule has 0 N–H and O–H groups in total. The largest absolute Gasteiger partial charge is 0.450 e. The van der Waals surface area contributed by atoms with E-state index in [4.69, 9.17) is 9.47 Å².